The van der Waals surface area contributed by atoms with Crippen LogP contribution in [0.2, 0.25) is 0 Å². The predicted molar refractivity (Wildman–Crippen MR) is 78.1 cm³/mol. The first kappa shape index (κ1) is 21.4. The second kappa shape index (κ2) is 6.93. The van der Waals surface area contributed by atoms with Crippen LogP contribution in [-0.2, 0) is 17.4 Å². The molecule has 0 fully saturated rings. The van der Waals surface area contributed by atoms with Crippen LogP contribution in [-0.4, -0.2) is 37.2 Å². The van der Waals surface area contributed by atoms with Gasteiger partial charge in [-0.3, -0.25) is 0 Å². The molecule has 1 aromatic heterocycles. The largest absolute Gasteiger partial charge is 0.611 e. The zero-order chi connectivity index (χ0) is 20.8. The maximum absolute atomic E-state index is 13.2. The number of hydrogen-bond acceptors (Lipinski definition) is 3. The Balaban J connectivity index is 2.43. The fourth-order valence-electron chi connectivity index (χ4n) is 2.15. The Morgan fingerprint density at radius 2 is 1.59 bits per heavy atom. The quantitative estimate of drug-likeness (QED) is 0.549. The van der Waals surface area contributed by atoms with Gasteiger partial charge < -0.3 is 4.55 Å². The summed E-state index contributed by atoms with van der Waals surface area (Å²) in [5.74, 6) is -8.66. The molecule has 0 saturated carbocycles. The van der Waals surface area contributed by atoms with Gasteiger partial charge in [0, 0.05) is 11.6 Å². The van der Waals surface area contributed by atoms with E-state index < -0.39 is 41.0 Å². The normalized spacial score (nSPS) is 14.5. The maximum atomic E-state index is 13.2. The molecule has 1 atom stereocenters. The zero-order valence-corrected chi connectivity index (χ0v) is 14.4. The first-order chi connectivity index (χ1) is 12.1. The minimum absolute atomic E-state index is 0.0812. The average molecular weight is 421 g/mol. The molecule has 1 unspecified atom stereocenters. The van der Waals surface area contributed by atoms with Gasteiger partial charge in [0.1, 0.15) is 6.33 Å². The second-order valence-corrected chi connectivity index (χ2v) is 7.03. The van der Waals surface area contributed by atoms with Crippen molar-refractivity contribution in [1.29, 1.82) is 0 Å². The molecular weight excluding hydrogens is 410 g/mol. The van der Waals surface area contributed by atoms with Crippen LogP contribution >= 0.6 is 0 Å². The maximum Gasteiger partial charge on any atom is 0.458 e. The van der Waals surface area contributed by atoms with Gasteiger partial charge >= 0.3 is 18.3 Å². The van der Waals surface area contributed by atoms with Crippen molar-refractivity contribution >= 4 is 11.2 Å². The molecule has 0 spiro atoms. The van der Waals surface area contributed by atoms with Crippen molar-refractivity contribution in [3.05, 3.63) is 35.4 Å². The lowest BCUT2D eigenvalue weighted by atomic mass is 10.1. The van der Waals surface area contributed by atoms with E-state index in [-0.39, 0.29) is 16.1 Å². The smallest absolute Gasteiger partial charge is 0.458 e. The number of rotatable bonds is 4. The molecule has 0 aliphatic carbocycles. The molecule has 0 bridgehead atoms. The van der Waals surface area contributed by atoms with Crippen LogP contribution in [0.25, 0.3) is 5.69 Å². The third-order valence-corrected chi connectivity index (χ3v) is 5.01. The molecule has 150 valence electrons. The lowest BCUT2D eigenvalue weighted by Crippen LogP contribution is -2.42. The van der Waals surface area contributed by atoms with Gasteiger partial charge in [-0.2, -0.15) is 35.1 Å². The Morgan fingerprint density at radius 1 is 1.00 bits per heavy atom. The van der Waals surface area contributed by atoms with Gasteiger partial charge in [-0.05, 0) is 36.7 Å². The summed E-state index contributed by atoms with van der Waals surface area (Å²) in [6.45, 7) is 2.78. The standard InChI is InChI=1S/C14H11F8N3OS/c1-7-3-8(2)10(27(26)5-12(15,16)14(20,21)22)4-9(7)25-6-23-11(24-25)13(17,18)19/h3-4,6H,5H2,1-2H3. The Hall–Kier alpha value is -1.89. The van der Waals surface area contributed by atoms with Gasteiger partial charge in [-0.1, -0.05) is 0 Å². The molecule has 0 aliphatic rings. The van der Waals surface area contributed by atoms with Crippen LogP contribution < -0.4 is 0 Å². The molecule has 1 heterocycles. The molecular formula is C14H11F8N3OS. The summed E-state index contributed by atoms with van der Waals surface area (Å²) in [4.78, 5) is 2.70. The fraction of sp³-hybridized carbons (Fsp3) is 0.429. The van der Waals surface area contributed by atoms with Crippen molar-refractivity contribution in [2.24, 2.45) is 0 Å². The van der Waals surface area contributed by atoms with Gasteiger partial charge in [-0.25, -0.2) is 9.67 Å². The van der Waals surface area contributed by atoms with E-state index >= 15 is 0 Å². The van der Waals surface area contributed by atoms with Crippen LogP contribution in [0, 0.1) is 13.8 Å². The van der Waals surface area contributed by atoms with E-state index in [1.807, 2.05) is 0 Å². The highest BCUT2D eigenvalue weighted by atomic mass is 32.2. The number of hydrogen-bond donors (Lipinski definition) is 0. The van der Waals surface area contributed by atoms with E-state index in [0.717, 1.165) is 6.07 Å². The van der Waals surface area contributed by atoms with Crippen molar-refractivity contribution in [2.75, 3.05) is 5.75 Å². The highest BCUT2D eigenvalue weighted by Crippen LogP contribution is 2.38. The summed E-state index contributed by atoms with van der Waals surface area (Å²) in [5.41, 5.74) is 0.389. The summed E-state index contributed by atoms with van der Waals surface area (Å²) in [6, 6.07) is 2.26. The van der Waals surface area contributed by atoms with Crippen molar-refractivity contribution in [2.45, 2.75) is 37.0 Å². The van der Waals surface area contributed by atoms with Gasteiger partial charge in [0.25, 0.3) is 5.82 Å². The molecule has 1 aromatic carbocycles. The molecule has 27 heavy (non-hydrogen) atoms. The highest BCUT2D eigenvalue weighted by molar-refractivity contribution is 7.91. The van der Waals surface area contributed by atoms with E-state index in [4.69, 9.17) is 0 Å². The third kappa shape index (κ3) is 4.51. The van der Waals surface area contributed by atoms with Gasteiger partial charge in [0.15, 0.2) is 10.6 Å². The highest BCUT2D eigenvalue weighted by Gasteiger charge is 2.60. The second-order valence-electron chi connectivity index (χ2n) is 5.61. The minimum atomic E-state index is -5.88. The first-order valence-electron chi connectivity index (χ1n) is 7.07. The summed E-state index contributed by atoms with van der Waals surface area (Å²) in [7, 11) is 0. The molecule has 0 saturated heterocycles. The molecule has 0 N–H and O–H groups in total. The lowest BCUT2D eigenvalue weighted by Gasteiger charge is -2.22. The number of nitrogens with zero attached hydrogens (tertiary/aromatic N) is 3. The Morgan fingerprint density at radius 3 is 2.07 bits per heavy atom. The van der Waals surface area contributed by atoms with Crippen LogP contribution in [0.5, 0.6) is 0 Å². The topological polar surface area (TPSA) is 53.8 Å². The summed E-state index contributed by atoms with van der Waals surface area (Å²) < 4.78 is 114. The molecule has 0 amide bonds. The molecule has 4 nitrogen and oxygen atoms in total. The summed E-state index contributed by atoms with van der Waals surface area (Å²) in [5, 5.41) is 3.21. The van der Waals surface area contributed by atoms with E-state index in [1.54, 1.807) is 0 Å². The van der Waals surface area contributed by atoms with Crippen molar-refractivity contribution < 1.29 is 39.7 Å². The van der Waals surface area contributed by atoms with E-state index in [1.165, 1.54) is 19.9 Å². The van der Waals surface area contributed by atoms with Crippen LogP contribution in [0.15, 0.2) is 23.4 Å². The predicted octanol–water partition coefficient (Wildman–Crippen LogP) is 4.21. The Labute approximate surface area is 150 Å². The Kier molecular flexibility index (Phi) is 5.49. The van der Waals surface area contributed by atoms with Gasteiger partial charge in [0.2, 0.25) is 0 Å². The van der Waals surface area contributed by atoms with Crippen LogP contribution in [0.4, 0.5) is 35.1 Å². The summed E-state index contributed by atoms with van der Waals surface area (Å²) in [6.07, 6.45) is -10.0. The zero-order valence-electron chi connectivity index (χ0n) is 13.6. The number of benzene rings is 1. The number of aromatic nitrogens is 3. The Bertz CT molecular complexity index is 831. The van der Waals surface area contributed by atoms with Gasteiger partial charge in [0.05, 0.1) is 5.69 Å². The van der Waals surface area contributed by atoms with Crippen molar-refractivity contribution in [3.8, 4) is 5.69 Å². The van der Waals surface area contributed by atoms with Crippen LogP contribution in [0.3, 0.4) is 0 Å². The fourth-order valence-corrected chi connectivity index (χ4v) is 3.46. The summed E-state index contributed by atoms with van der Waals surface area (Å²) >= 11 is -2.77. The molecule has 2 rings (SSSR count). The third-order valence-electron chi connectivity index (χ3n) is 3.46. The molecule has 0 radical (unpaired) electrons. The average Bonchev–Trinajstić information content (AvgIpc) is 2.95. The minimum Gasteiger partial charge on any atom is -0.611 e. The lowest BCUT2D eigenvalue weighted by molar-refractivity contribution is -0.271. The van der Waals surface area contributed by atoms with Crippen molar-refractivity contribution in [1.82, 2.24) is 14.8 Å². The molecule has 0 aliphatic heterocycles. The number of aryl methyl sites for hydroxylation is 2. The monoisotopic (exact) mass is 421 g/mol. The van der Waals surface area contributed by atoms with E-state index in [0.29, 0.717) is 16.6 Å². The molecule has 13 heteroatoms. The SMILES string of the molecule is Cc1cc(C)c([S+]([O-])CC(F)(F)C(F)(F)F)cc1-n1cnc(C(F)(F)F)n1. The van der Waals surface area contributed by atoms with E-state index in [9.17, 15) is 39.7 Å². The van der Waals surface area contributed by atoms with Gasteiger partial charge in [-0.15, -0.1) is 5.10 Å². The number of alkyl halides is 8. The van der Waals surface area contributed by atoms with E-state index in [2.05, 4.69) is 10.1 Å². The molecule has 2 aromatic rings. The number of halogens is 8. The van der Waals surface area contributed by atoms with Crippen LogP contribution in [0.1, 0.15) is 17.0 Å². The van der Waals surface area contributed by atoms with Crippen molar-refractivity contribution in [3.63, 3.8) is 0 Å². The first-order valence-corrected chi connectivity index (χ1v) is 8.39.